The number of aromatic amines is 1. The Balaban J connectivity index is 1.80. The van der Waals surface area contributed by atoms with Crippen LogP contribution in [0.15, 0.2) is 24.4 Å². The largest absolute Gasteiger partial charge is 0.416 e. The van der Waals surface area contributed by atoms with Gasteiger partial charge in [-0.1, -0.05) is 12.1 Å². The van der Waals surface area contributed by atoms with Crippen LogP contribution in [0.25, 0.3) is 22.2 Å². The molecule has 3 N–H and O–H groups in total. The lowest BCUT2D eigenvalue weighted by Crippen LogP contribution is -2.35. The van der Waals surface area contributed by atoms with Gasteiger partial charge in [0, 0.05) is 28.1 Å². The Labute approximate surface area is 171 Å². The second-order valence-corrected chi connectivity index (χ2v) is 11.1. The standard InChI is InChI=1S/C20H22F3N4O2P/c1-30(2,29)14-8-4-6-12-16-13(26-18(12)14)7-3-5-11-9-24-19(27-17(11)16)25-10-15(28)20(21,22)23/h4,6,8-9,15,26,28H,3,5,7,10H2,1-2H3,(H,24,25,27). The fourth-order valence-corrected chi connectivity index (χ4v) is 4.97. The second-order valence-electron chi connectivity index (χ2n) is 7.89. The maximum Gasteiger partial charge on any atom is 0.416 e. The number of rotatable bonds is 4. The molecule has 1 atom stereocenters. The van der Waals surface area contributed by atoms with Crippen LogP contribution < -0.4 is 10.6 Å². The maximum atomic E-state index is 12.8. The van der Waals surface area contributed by atoms with Gasteiger partial charge in [0.2, 0.25) is 5.95 Å². The smallest absolute Gasteiger partial charge is 0.382 e. The lowest BCUT2D eigenvalue weighted by molar-refractivity contribution is -0.198. The van der Waals surface area contributed by atoms with Crippen molar-refractivity contribution in [3.8, 4) is 11.3 Å². The van der Waals surface area contributed by atoms with Crippen molar-refractivity contribution in [3.05, 3.63) is 35.7 Å². The number of nitrogens with zero attached hydrogens (tertiary/aromatic N) is 2. The van der Waals surface area contributed by atoms with Crippen LogP contribution in [0.5, 0.6) is 0 Å². The third-order valence-electron chi connectivity index (χ3n) is 5.28. The number of halogens is 3. The number of fused-ring (bicyclic) bond motifs is 5. The predicted octanol–water partition coefficient (Wildman–Crippen LogP) is 3.70. The highest BCUT2D eigenvalue weighted by Crippen LogP contribution is 2.42. The van der Waals surface area contributed by atoms with Crippen LogP contribution >= 0.6 is 7.14 Å². The van der Waals surface area contributed by atoms with Gasteiger partial charge in [-0.05, 0) is 44.2 Å². The number of aryl methyl sites for hydroxylation is 2. The summed E-state index contributed by atoms with van der Waals surface area (Å²) in [5.74, 6) is 0.0204. The van der Waals surface area contributed by atoms with Crippen molar-refractivity contribution in [2.24, 2.45) is 0 Å². The van der Waals surface area contributed by atoms with E-state index in [1.165, 1.54) is 0 Å². The minimum absolute atomic E-state index is 0.0204. The van der Waals surface area contributed by atoms with Crippen molar-refractivity contribution in [1.29, 1.82) is 0 Å². The third kappa shape index (κ3) is 3.84. The normalized spacial score (nSPS) is 15.4. The molecule has 6 nitrogen and oxygen atoms in total. The van der Waals surface area contributed by atoms with E-state index >= 15 is 0 Å². The molecule has 1 unspecified atom stereocenters. The first-order valence-electron chi connectivity index (χ1n) is 9.60. The molecule has 0 bridgehead atoms. The number of aromatic nitrogens is 3. The molecule has 0 amide bonds. The van der Waals surface area contributed by atoms with Gasteiger partial charge in [0.15, 0.2) is 6.10 Å². The molecule has 0 fully saturated rings. The molecular formula is C20H22F3N4O2P. The van der Waals surface area contributed by atoms with Gasteiger partial charge in [0.25, 0.3) is 0 Å². The van der Waals surface area contributed by atoms with Crippen molar-refractivity contribution in [3.63, 3.8) is 0 Å². The molecule has 30 heavy (non-hydrogen) atoms. The summed E-state index contributed by atoms with van der Waals surface area (Å²) in [7, 11) is -2.52. The van der Waals surface area contributed by atoms with E-state index in [0.717, 1.165) is 52.3 Å². The van der Waals surface area contributed by atoms with Gasteiger partial charge in [-0.25, -0.2) is 9.97 Å². The van der Waals surface area contributed by atoms with E-state index < -0.39 is 26.0 Å². The first-order valence-corrected chi connectivity index (χ1v) is 12.2. The first kappa shape index (κ1) is 20.9. The molecule has 0 aliphatic heterocycles. The summed E-state index contributed by atoms with van der Waals surface area (Å²) in [4.78, 5) is 12.0. The number of anilines is 1. The zero-order valence-corrected chi connectivity index (χ0v) is 17.4. The van der Waals surface area contributed by atoms with Gasteiger partial charge in [-0.3, -0.25) is 0 Å². The van der Waals surface area contributed by atoms with E-state index in [1.54, 1.807) is 19.5 Å². The third-order valence-corrected chi connectivity index (χ3v) is 6.81. The van der Waals surface area contributed by atoms with Crippen LogP contribution in [-0.2, 0) is 17.4 Å². The van der Waals surface area contributed by atoms with Crippen LogP contribution in [0.4, 0.5) is 19.1 Å². The average molecular weight is 438 g/mol. The molecule has 1 aromatic carbocycles. The maximum absolute atomic E-state index is 12.8. The summed E-state index contributed by atoms with van der Waals surface area (Å²) in [6.45, 7) is 2.71. The van der Waals surface area contributed by atoms with E-state index in [9.17, 15) is 22.8 Å². The quantitative estimate of drug-likeness (QED) is 0.541. The number of benzene rings is 1. The van der Waals surface area contributed by atoms with Crippen molar-refractivity contribution in [2.45, 2.75) is 31.5 Å². The Morgan fingerprint density at radius 1 is 1.30 bits per heavy atom. The summed E-state index contributed by atoms with van der Waals surface area (Å²) in [6, 6.07) is 5.64. The van der Waals surface area contributed by atoms with E-state index in [2.05, 4.69) is 20.3 Å². The molecule has 0 spiro atoms. The molecule has 3 aromatic rings. The van der Waals surface area contributed by atoms with Crippen LogP contribution in [0.2, 0.25) is 0 Å². The van der Waals surface area contributed by atoms with E-state index in [1.807, 2.05) is 18.2 Å². The predicted molar refractivity (Wildman–Crippen MR) is 111 cm³/mol. The Hall–Kier alpha value is -2.38. The van der Waals surface area contributed by atoms with Crippen molar-refractivity contribution < 1.29 is 22.8 Å². The molecule has 0 saturated carbocycles. The fraction of sp³-hybridized carbons (Fsp3) is 0.400. The van der Waals surface area contributed by atoms with Crippen molar-refractivity contribution in [1.82, 2.24) is 15.0 Å². The molecule has 10 heteroatoms. The number of hydrogen-bond acceptors (Lipinski definition) is 5. The molecule has 2 heterocycles. The number of hydrogen-bond donors (Lipinski definition) is 3. The highest BCUT2D eigenvalue weighted by atomic mass is 31.2. The number of nitrogens with one attached hydrogen (secondary N) is 2. The summed E-state index contributed by atoms with van der Waals surface area (Å²) in [5, 5.41) is 13.4. The van der Waals surface area contributed by atoms with E-state index in [-0.39, 0.29) is 5.95 Å². The van der Waals surface area contributed by atoms with Gasteiger partial charge in [0.1, 0.15) is 7.14 Å². The number of aliphatic hydroxyl groups is 1. The highest BCUT2D eigenvalue weighted by molar-refractivity contribution is 7.70. The Morgan fingerprint density at radius 3 is 2.77 bits per heavy atom. The van der Waals surface area contributed by atoms with Crippen LogP contribution in [0.1, 0.15) is 17.7 Å². The molecule has 160 valence electrons. The van der Waals surface area contributed by atoms with Gasteiger partial charge in [0.05, 0.1) is 17.8 Å². The number of alkyl halides is 3. The summed E-state index contributed by atoms with van der Waals surface area (Å²) >= 11 is 0. The first-order chi connectivity index (χ1) is 14.1. The minimum atomic E-state index is -4.71. The topological polar surface area (TPSA) is 90.9 Å². The Morgan fingerprint density at radius 2 is 2.07 bits per heavy atom. The molecular weight excluding hydrogens is 416 g/mol. The lowest BCUT2D eigenvalue weighted by Gasteiger charge is -2.15. The number of para-hydroxylation sites is 1. The summed E-state index contributed by atoms with van der Waals surface area (Å²) in [5.41, 5.74) is 4.19. The molecule has 4 rings (SSSR count). The summed E-state index contributed by atoms with van der Waals surface area (Å²) < 4.78 is 50.5. The van der Waals surface area contributed by atoms with Crippen molar-refractivity contribution in [2.75, 3.05) is 25.2 Å². The zero-order valence-electron chi connectivity index (χ0n) is 16.5. The van der Waals surface area contributed by atoms with Gasteiger partial charge >= 0.3 is 6.18 Å². The number of H-pyrrole nitrogens is 1. The van der Waals surface area contributed by atoms with Crippen LogP contribution in [-0.4, -0.2) is 52.2 Å². The minimum Gasteiger partial charge on any atom is -0.382 e. The molecule has 1 aliphatic carbocycles. The molecule has 1 aliphatic rings. The SMILES string of the molecule is CP(C)(=O)c1cccc2c3c([nH]c12)CCCc1cnc(NCC(O)C(F)(F)F)nc1-3. The van der Waals surface area contributed by atoms with Gasteiger partial charge < -0.3 is 20.0 Å². The highest BCUT2D eigenvalue weighted by Gasteiger charge is 2.38. The molecule has 2 aromatic heterocycles. The van der Waals surface area contributed by atoms with Gasteiger partial charge in [-0.2, -0.15) is 13.2 Å². The van der Waals surface area contributed by atoms with Crippen LogP contribution in [0.3, 0.4) is 0 Å². The lowest BCUT2D eigenvalue weighted by atomic mass is 10.0. The van der Waals surface area contributed by atoms with E-state index in [0.29, 0.717) is 5.69 Å². The average Bonchev–Trinajstić information content (AvgIpc) is 2.93. The van der Waals surface area contributed by atoms with E-state index in [4.69, 9.17) is 0 Å². The van der Waals surface area contributed by atoms with Gasteiger partial charge in [-0.15, -0.1) is 0 Å². The molecule has 0 radical (unpaired) electrons. The second kappa shape index (κ2) is 7.39. The zero-order chi connectivity index (χ0) is 21.7. The Kier molecular flexibility index (Phi) is 5.14. The van der Waals surface area contributed by atoms with Crippen molar-refractivity contribution >= 4 is 29.3 Å². The monoisotopic (exact) mass is 438 g/mol. The fourth-order valence-electron chi connectivity index (χ4n) is 3.81. The number of aliphatic hydroxyl groups excluding tert-OH is 1. The molecule has 0 saturated heterocycles. The Bertz CT molecular complexity index is 1150. The van der Waals surface area contributed by atoms with Crippen LogP contribution in [0, 0.1) is 0 Å². The summed E-state index contributed by atoms with van der Waals surface area (Å²) in [6.07, 6.45) is -3.23.